The van der Waals surface area contributed by atoms with Crippen LogP contribution in [-0.4, -0.2) is 18.9 Å². The fraction of sp³-hybridized carbons (Fsp3) is 0.0476. The third-order valence-electron chi connectivity index (χ3n) is 5.86. The van der Waals surface area contributed by atoms with Gasteiger partial charge < -0.3 is 0 Å². The Morgan fingerprint density at radius 2 is 1.67 bits per heavy atom. The average molecular weight is 346 g/mol. The molecule has 8 bridgehead atoms. The Kier molecular flexibility index (Phi) is 1.77. The van der Waals surface area contributed by atoms with Crippen molar-refractivity contribution < 1.29 is 0 Å². The molecule has 5 heterocycles. The van der Waals surface area contributed by atoms with Crippen molar-refractivity contribution >= 4 is 38.9 Å². The molecule has 2 aliphatic heterocycles. The van der Waals surface area contributed by atoms with E-state index in [1.807, 2.05) is 12.1 Å². The first-order chi connectivity index (χ1) is 13.4. The zero-order valence-electron chi connectivity index (χ0n) is 14.0. The Bertz CT molecular complexity index is 1740. The number of nitrogens with zero attached hydrogens (tertiary/aromatic N) is 6. The molecule has 0 radical (unpaired) electrons. The number of hydrogen-bond acceptors (Lipinski definition) is 4. The van der Waals surface area contributed by atoms with Crippen LogP contribution in [0.3, 0.4) is 0 Å². The lowest BCUT2D eigenvalue weighted by Gasteiger charge is -2.15. The van der Waals surface area contributed by atoms with E-state index in [4.69, 9.17) is 20.0 Å². The SMILES string of the molecule is c1cc2c3c(c1)=NC(N=3)n1c3ccc4c-2c3nc1c1nc2ccccc2n41. The molecule has 3 aromatic carbocycles. The summed E-state index contributed by atoms with van der Waals surface area (Å²) < 4.78 is 4.36. The van der Waals surface area contributed by atoms with Gasteiger partial charge in [0.25, 0.3) is 0 Å². The maximum atomic E-state index is 5.04. The number of benzene rings is 3. The molecule has 2 aliphatic rings. The molecule has 1 atom stereocenters. The molecule has 0 saturated heterocycles. The van der Waals surface area contributed by atoms with Gasteiger partial charge in [0.05, 0.1) is 38.3 Å². The van der Waals surface area contributed by atoms with Crippen molar-refractivity contribution in [3.8, 4) is 11.1 Å². The maximum absolute atomic E-state index is 5.04. The van der Waals surface area contributed by atoms with Crippen LogP contribution >= 0.6 is 0 Å². The van der Waals surface area contributed by atoms with Crippen LogP contribution in [0.25, 0.3) is 50.0 Å². The molecule has 1 unspecified atom stereocenters. The summed E-state index contributed by atoms with van der Waals surface area (Å²) in [5.41, 5.74) is 9.13. The van der Waals surface area contributed by atoms with Crippen molar-refractivity contribution in [3.05, 3.63) is 65.3 Å². The van der Waals surface area contributed by atoms with Crippen LogP contribution in [0, 0.1) is 0 Å². The number of fused-ring (bicyclic) bond motifs is 6. The van der Waals surface area contributed by atoms with Crippen LogP contribution in [0.15, 0.2) is 64.6 Å². The van der Waals surface area contributed by atoms with Crippen molar-refractivity contribution in [1.82, 2.24) is 18.9 Å². The van der Waals surface area contributed by atoms with E-state index in [0.29, 0.717) is 0 Å². The van der Waals surface area contributed by atoms with Gasteiger partial charge in [-0.3, -0.25) is 8.97 Å². The molecule has 0 aliphatic carbocycles. The standard InChI is InChI=1S/C21H10N6/c1-2-7-13-11(5-1)22-19-20-24-18-15-9-8-14(26(13)19)16(18)10-4-3-6-12-17(10)25-21(23-12)27(15)20/h1-9,21H. The Hall–Kier alpha value is -3.80. The van der Waals surface area contributed by atoms with Crippen molar-refractivity contribution in [2.45, 2.75) is 6.29 Å². The molecule has 27 heavy (non-hydrogen) atoms. The molecule has 0 spiro atoms. The number of para-hydroxylation sites is 3. The second kappa shape index (κ2) is 3.81. The average Bonchev–Trinajstić information content (AvgIpc) is 3.36. The molecule has 6 heteroatoms. The lowest BCUT2D eigenvalue weighted by Crippen LogP contribution is -2.23. The fourth-order valence-electron chi connectivity index (χ4n) is 4.77. The summed E-state index contributed by atoms with van der Waals surface area (Å²) in [5.74, 6) is 0. The highest BCUT2D eigenvalue weighted by Gasteiger charge is 2.29. The van der Waals surface area contributed by atoms with E-state index in [1.165, 1.54) is 0 Å². The molecule has 0 amide bonds. The summed E-state index contributed by atoms with van der Waals surface area (Å²) in [6.07, 6.45) is -0.327. The van der Waals surface area contributed by atoms with Gasteiger partial charge in [0.1, 0.15) is 0 Å². The highest BCUT2D eigenvalue weighted by molar-refractivity contribution is 6.07. The fourth-order valence-corrected chi connectivity index (χ4v) is 4.77. The van der Waals surface area contributed by atoms with Crippen molar-refractivity contribution in [2.24, 2.45) is 9.98 Å². The molecule has 6 nitrogen and oxygen atoms in total. The molecule has 6 aromatic rings. The van der Waals surface area contributed by atoms with Gasteiger partial charge >= 0.3 is 0 Å². The van der Waals surface area contributed by atoms with E-state index in [-0.39, 0.29) is 6.29 Å². The topological polar surface area (TPSA) is 59.8 Å². The van der Waals surface area contributed by atoms with Crippen LogP contribution < -0.4 is 10.7 Å². The maximum Gasteiger partial charge on any atom is 0.223 e. The monoisotopic (exact) mass is 346 g/mol. The van der Waals surface area contributed by atoms with Gasteiger partial charge in [-0.05, 0) is 30.3 Å². The van der Waals surface area contributed by atoms with E-state index >= 15 is 0 Å². The minimum absolute atomic E-state index is 0.327. The zero-order chi connectivity index (χ0) is 17.3. The number of imidazole rings is 2. The third-order valence-corrected chi connectivity index (χ3v) is 5.86. The Morgan fingerprint density at radius 1 is 0.741 bits per heavy atom. The quantitative estimate of drug-likeness (QED) is 0.425. The summed E-state index contributed by atoms with van der Waals surface area (Å²) in [5, 5.41) is 1.92. The molecular formula is C21H10N6. The highest BCUT2D eigenvalue weighted by Crippen LogP contribution is 2.39. The Labute approximate surface area is 151 Å². The predicted octanol–water partition coefficient (Wildman–Crippen LogP) is 2.82. The van der Waals surface area contributed by atoms with Crippen LogP contribution in [-0.2, 0) is 0 Å². The number of aromatic nitrogens is 4. The van der Waals surface area contributed by atoms with Crippen molar-refractivity contribution in [1.29, 1.82) is 0 Å². The Balaban J connectivity index is 1.84. The molecule has 0 fully saturated rings. The van der Waals surface area contributed by atoms with E-state index in [9.17, 15) is 0 Å². The molecule has 8 rings (SSSR count). The molecule has 0 N–H and O–H groups in total. The first-order valence-corrected chi connectivity index (χ1v) is 8.97. The number of rotatable bonds is 0. The molecule has 0 saturated carbocycles. The summed E-state index contributed by atoms with van der Waals surface area (Å²) in [6.45, 7) is 0. The second-order valence-corrected chi connectivity index (χ2v) is 7.17. The van der Waals surface area contributed by atoms with Gasteiger partial charge in [0, 0.05) is 11.1 Å². The van der Waals surface area contributed by atoms with Crippen LogP contribution in [0.4, 0.5) is 0 Å². The van der Waals surface area contributed by atoms with Gasteiger partial charge in [-0.25, -0.2) is 20.0 Å². The Morgan fingerprint density at radius 3 is 2.67 bits per heavy atom. The summed E-state index contributed by atoms with van der Waals surface area (Å²) in [4.78, 5) is 19.8. The number of hydrogen-bond donors (Lipinski definition) is 0. The lowest BCUT2D eigenvalue weighted by atomic mass is 10.0. The lowest BCUT2D eigenvalue weighted by molar-refractivity contribution is 0.578. The van der Waals surface area contributed by atoms with E-state index in [2.05, 4.69) is 51.4 Å². The third kappa shape index (κ3) is 1.22. The van der Waals surface area contributed by atoms with E-state index in [1.54, 1.807) is 0 Å². The summed E-state index contributed by atoms with van der Waals surface area (Å²) in [7, 11) is 0. The van der Waals surface area contributed by atoms with Crippen LogP contribution in [0.2, 0.25) is 0 Å². The molecule has 3 aromatic heterocycles. The smallest absolute Gasteiger partial charge is 0.223 e. The summed E-state index contributed by atoms with van der Waals surface area (Å²) >= 11 is 0. The van der Waals surface area contributed by atoms with Gasteiger partial charge in [-0.2, -0.15) is 0 Å². The largest absolute Gasteiger partial charge is 0.289 e. The normalized spacial score (nSPS) is 17.1. The first kappa shape index (κ1) is 12.5. The van der Waals surface area contributed by atoms with Crippen LogP contribution in [0.1, 0.15) is 6.29 Å². The highest BCUT2D eigenvalue weighted by atomic mass is 15.3. The van der Waals surface area contributed by atoms with Crippen molar-refractivity contribution in [3.63, 3.8) is 0 Å². The van der Waals surface area contributed by atoms with Gasteiger partial charge in [-0.1, -0.05) is 24.3 Å². The van der Waals surface area contributed by atoms with Gasteiger partial charge in [-0.15, -0.1) is 0 Å². The van der Waals surface area contributed by atoms with E-state index < -0.39 is 0 Å². The van der Waals surface area contributed by atoms with Gasteiger partial charge in [0.2, 0.25) is 6.29 Å². The van der Waals surface area contributed by atoms with E-state index in [0.717, 1.165) is 60.7 Å². The van der Waals surface area contributed by atoms with Gasteiger partial charge in [0.15, 0.2) is 11.3 Å². The van der Waals surface area contributed by atoms with Crippen molar-refractivity contribution in [2.75, 3.05) is 0 Å². The van der Waals surface area contributed by atoms with Crippen LogP contribution in [0.5, 0.6) is 0 Å². The first-order valence-electron chi connectivity index (χ1n) is 8.97. The second-order valence-electron chi connectivity index (χ2n) is 7.17. The summed E-state index contributed by atoms with van der Waals surface area (Å²) in [6, 6.07) is 18.8. The predicted molar refractivity (Wildman–Crippen MR) is 101 cm³/mol. The molecule has 124 valence electrons. The molecular weight excluding hydrogens is 336 g/mol. The minimum atomic E-state index is -0.327. The minimum Gasteiger partial charge on any atom is -0.289 e. The zero-order valence-corrected chi connectivity index (χ0v) is 14.0.